The number of aromatic nitrogens is 1. The van der Waals surface area contributed by atoms with Crippen molar-refractivity contribution in [2.75, 3.05) is 6.61 Å². The number of hydrogen-bond donors (Lipinski definition) is 0. The summed E-state index contributed by atoms with van der Waals surface area (Å²) in [7, 11) is 0. The van der Waals surface area contributed by atoms with Crippen LogP contribution < -0.4 is 4.74 Å². The van der Waals surface area contributed by atoms with Crippen molar-refractivity contribution in [1.29, 1.82) is 0 Å². The monoisotopic (exact) mass is 203 g/mol. The summed E-state index contributed by atoms with van der Waals surface area (Å²) in [5.41, 5.74) is 0. The quantitative estimate of drug-likeness (QED) is 0.754. The molecular formula is C9H11ClFNO. The van der Waals surface area contributed by atoms with Crippen molar-refractivity contribution in [2.24, 2.45) is 5.92 Å². The molecule has 1 rings (SSSR count). The first-order valence-electron chi connectivity index (χ1n) is 4.03. The third-order valence-corrected chi connectivity index (χ3v) is 1.53. The summed E-state index contributed by atoms with van der Waals surface area (Å²) in [6.07, 6.45) is 1.36. The summed E-state index contributed by atoms with van der Waals surface area (Å²) in [6, 6.07) is 1.18. The van der Waals surface area contributed by atoms with Gasteiger partial charge in [0.2, 0.25) is 5.88 Å². The van der Waals surface area contributed by atoms with Crippen LogP contribution >= 0.6 is 11.6 Å². The molecule has 0 aliphatic rings. The lowest BCUT2D eigenvalue weighted by Gasteiger charge is -2.07. The number of rotatable bonds is 3. The second kappa shape index (κ2) is 4.42. The van der Waals surface area contributed by atoms with Gasteiger partial charge in [-0.3, -0.25) is 0 Å². The van der Waals surface area contributed by atoms with Crippen molar-refractivity contribution in [3.63, 3.8) is 0 Å². The van der Waals surface area contributed by atoms with Gasteiger partial charge in [-0.15, -0.1) is 0 Å². The normalized spacial score (nSPS) is 10.5. The van der Waals surface area contributed by atoms with Gasteiger partial charge in [0.1, 0.15) is 0 Å². The SMILES string of the molecule is CC(C)COc1ncc(Cl)cc1F. The summed E-state index contributed by atoms with van der Waals surface area (Å²) < 4.78 is 18.1. The van der Waals surface area contributed by atoms with Crippen LogP contribution in [0.1, 0.15) is 13.8 Å². The average Bonchev–Trinajstić information content (AvgIpc) is 2.02. The summed E-state index contributed by atoms with van der Waals surface area (Å²) in [4.78, 5) is 3.72. The van der Waals surface area contributed by atoms with Crippen LogP contribution in [0.25, 0.3) is 0 Å². The van der Waals surface area contributed by atoms with E-state index in [1.54, 1.807) is 0 Å². The van der Waals surface area contributed by atoms with Crippen LogP contribution in [-0.2, 0) is 0 Å². The maximum absolute atomic E-state index is 13.0. The van der Waals surface area contributed by atoms with Crippen LogP contribution in [0.15, 0.2) is 12.3 Å². The molecule has 0 N–H and O–H groups in total. The summed E-state index contributed by atoms with van der Waals surface area (Å²) >= 11 is 5.52. The molecule has 0 aliphatic carbocycles. The Morgan fingerprint density at radius 2 is 2.31 bits per heavy atom. The summed E-state index contributed by atoms with van der Waals surface area (Å²) in [6.45, 7) is 4.41. The molecule has 0 amide bonds. The van der Waals surface area contributed by atoms with Crippen LogP contribution in [0.5, 0.6) is 5.88 Å². The first-order valence-corrected chi connectivity index (χ1v) is 4.41. The third-order valence-electron chi connectivity index (χ3n) is 1.33. The molecule has 72 valence electrons. The Hall–Kier alpha value is -0.830. The van der Waals surface area contributed by atoms with E-state index in [1.807, 2.05) is 13.8 Å². The first-order chi connectivity index (χ1) is 6.09. The van der Waals surface area contributed by atoms with Crippen LogP contribution in [0.4, 0.5) is 4.39 Å². The van der Waals surface area contributed by atoms with Gasteiger partial charge in [-0.1, -0.05) is 25.4 Å². The predicted octanol–water partition coefficient (Wildman–Crippen LogP) is 2.91. The van der Waals surface area contributed by atoms with E-state index in [0.717, 1.165) is 0 Å². The fourth-order valence-electron chi connectivity index (χ4n) is 0.754. The van der Waals surface area contributed by atoms with Crippen molar-refractivity contribution in [1.82, 2.24) is 4.98 Å². The molecule has 0 aliphatic heterocycles. The highest BCUT2D eigenvalue weighted by Gasteiger charge is 2.06. The van der Waals surface area contributed by atoms with E-state index in [0.29, 0.717) is 12.5 Å². The molecule has 1 heterocycles. The molecule has 0 atom stereocenters. The van der Waals surface area contributed by atoms with Gasteiger partial charge in [0, 0.05) is 6.20 Å². The highest BCUT2D eigenvalue weighted by Crippen LogP contribution is 2.17. The van der Waals surface area contributed by atoms with Crippen LogP contribution in [0.3, 0.4) is 0 Å². The van der Waals surface area contributed by atoms with E-state index in [-0.39, 0.29) is 10.9 Å². The Balaban J connectivity index is 2.67. The zero-order chi connectivity index (χ0) is 9.84. The zero-order valence-electron chi connectivity index (χ0n) is 7.55. The van der Waals surface area contributed by atoms with Crippen molar-refractivity contribution >= 4 is 11.6 Å². The minimum atomic E-state index is -0.520. The lowest BCUT2D eigenvalue weighted by Crippen LogP contribution is -2.06. The predicted molar refractivity (Wildman–Crippen MR) is 49.5 cm³/mol. The van der Waals surface area contributed by atoms with Crippen molar-refractivity contribution < 1.29 is 9.13 Å². The maximum Gasteiger partial charge on any atom is 0.250 e. The minimum absolute atomic E-state index is 0.0121. The number of hydrogen-bond acceptors (Lipinski definition) is 2. The van der Waals surface area contributed by atoms with E-state index < -0.39 is 5.82 Å². The highest BCUT2D eigenvalue weighted by molar-refractivity contribution is 6.30. The van der Waals surface area contributed by atoms with Gasteiger partial charge in [-0.05, 0) is 12.0 Å². The number of pyridine rings is 1. The Labute approximate surface area is 81.7 Å². The molecule has 0 unspecified atom stereocenters. The molecule has 0 bridgehead atoms. The largest absolute Gasteiger partial charge is 0.475 e. The Bertz CT molecular complexity index is 291. The topological polar surface area (TPSA) is 22.1 Å². The molecule has 4 heteroatoms. The Morgan fingerprint density at radius 1 is 1.62 bits per heavy atom. The van der Waals surface area contributed by atoms with Gasteiger partial charge >= 0.3 is 0 Å². The Kier molecular flexibility index (Phi) is 3.48. The van der Waals surface area contributed by atoms with Crippen LogP contribution in [-0.4, -0.2) is 11.6 Å². The minimum Gasteiger partial charge on any atom is -0.475 e. The van der Waals surface area contributed by atoms with E-state index >= 15 is 0 Å². The van der Waals surface area contributed by atoms with E-state index in [9.17, 15) is 4.39 Å². The van der Waals surface area contributed by atoms with Gasteiger partial charge in [-0.2, -0.15) is 0 Å². The highest BCUT2D eigenvalue weighted by atomic mass is 35.5. The lowest BCUT2D eigenvalue weighted by molar-refractivity contribution is 0.249. The Morgan fingerprint density at radius 3 is 2.85 bits per heavy atom. The van der Waals surface area contributed by atoms with Crippen molar-refractivity contribution in [3.8, 4) is 5.88 Å². The second-order valence-electron chi connectivity index (χ2n) is 3.15. The fraction of sp³-hybridized carbons (Fsp3) is 0.444. The number of halogens is 2. The molecule has 13 heavy (non-hydrogen) atoms. The fourth-order valence-corrected chi connectivity index (χ4v) is 0.898. The smallest absolute Gasteiger partial charge is 0.250 e. The van der Waals surface area contributed by atoms with Gasteiger partial charge < -0.3 is 4.74 Å². The standard InChI is InChI=1S/C9H11ClFNO/c1-6(2)5-13-9-8(11)3-7(10)4-12-9/h3-4,6H,5H2,1-2H3. The van der Waals surface area contributed by atoms with Crippen molar-refractivity contribution in [3.05, 3.63) is 23.1 Å². The zero-order valence-corrected chi connectivity index (χ0v) is 8.31. The van der Waals surface area contributed by atoms with Gasteiger partial charge in [0.25, 0.3) is 0 Å². The molecule has 2 nitrogen and oxygen atoms in total. The number of nitrogens with zero attached hydrogens (tertiary/aromatic N) is 1. The molecule has 1 aromatic heterocycles. The molecule has 0 saturated carbocycles. The number of ether oxygens (including phenoxy) is 1. The van der Waals surface area contributed by atoms with Crippen molar-refractivity contribution in [2.45, 2.75) is 13.8 Å². The molecule has 0 aromatic carbocycles. The molecule has 0 radical (unpaired) electrons. The summed E-state index contributed by atoms with van der Waals surface area (Å²) in [5, 5.41) is 0.273. The second-order valence-corrected chi connectivity index (χ2v) is 3.58. The third kappa shape index (κ3) is 3.19. The molecule has 0 spiro atoms. The molecule has 0 saturated heterocycles. The summed E-state index contributed by atoms with van der Waals surface area (Å²) in [5.74, 6) is -0.164. The molecular weight excluding hydrogens is 193 g/mol. The maximum atomic E-state index is 13.0. The first kappa shape index (κ1) is 10.3. The lowest BCUT2D eigenvalue weighted by atomic mass is 10.2. The van der Waals surface area contributed by atoms with Crippen LogP contribution in [0, 0.1) is 11.7 Å². The van der Waals surface area contributed by atoms with Crippen LogP contribution in [0.2, 0.25) is 5.02 Å². The van der Waals surface area contributed by atoms with Gasteiger partial charge in [-0.25, -0.2) is 9.37 Å². The van der Waals surface area contributed by atoms with E-state index in [2.05, 4.69) is 4.98 Å². The molecule has 0 fully saturated rings. The average molecular weight is 204 g/mol. The van der Waals surface area contributed by atoms with E-state index in [1.165, 1.54) is 12.3 Å². The van der Waals surface area contributed by atoms with Gasteiger partial charge in [0.05, 0.1) is 11.6 Å². The molecule has 1 aromatic rings. The van der Waals surface area contributed by atoms with Gasteiger partial charge in [0.15, 0.2) is 5.82 Å². The van der Waals surface area contributed by atoms with E-state index in [4.69, 9.17) is 16.3 Å².